The van der Waals surface area contributed by atoms with Crippen LogP contribution in [0, 0.1) is 0 Å². The zero-order valence-corrected chi connectivity index (χ0v) is 16.8. The molecule has 5 atom stereocenters. The van der Waals surface area contributed by atoms with Gasteiger partial charge >= 0.3 is 38.7 Å². The van der Waals surface area contributed by atoms with Crippen LogP contribution in [0.5, 0.6) is 0 Å². The molecule has 0 radical (unpaired) electrons. The summed E-state index contributed by atoms with van der Waals surface area (Å²) >= 11 is 0. The van der Waals surface area contributed by atoms with Crippen LogP contribution in [0.3, 0.4) is 0 Å². The standard InChI is InChI=1S/C11H17FO10.2CH4N.Pt/c12-11(9(17)18,10(19)20)1-2-21-8-7(16)6(15)5(14)4(3-13)22-8;2*1-2;/h4-8,13-16H,1-3H2,(H,17,18)(H,19,20);2*2H,1H3;/q;2*-1;+2/t4-,5-,6+,7-,8?;;;/m1.../s1. The van der Waals surface area contributed by atoms with Gasteiger partial charge in [0.15, 0.2) is 6.29 Å². The Morgan fingerprint density at radius 2 is 1.48 bits per heavy atom. The summed E-state index contributed by atoms with van der Waals surface area (Å²) in [6.45, 7) is -1.47. The molecular formula is C13H25FN2O10Pt. The van der Waals surface area contributed by atoms with Gasteiger partial charge in [0.2, 0.25) is 0 Å². The zero-order chi connectivity index (χ0) is 21.1. The van der Waals surface area contributed by atoms with Gasteiger partial charge in [-0.2, -0.15) is 14.1 Å². The Bertz CT molecular complexity index is 418. The van der Waals surface area contributed by atoms with E-state index in [1.165, 1.54) is 14.1 Å². The number of hydrogen-bond donors (Lipinski definition) is 6. The van der Waals surface area contributed by atoms with Gasteiger partial charge in [-0.25, -0.2) is 14.0 Å². The summed E-state index contributed by atoms with van der Waals surface area (Å²) in [5, 5.41) is 54.6. The van der Waals surface area contributed by atoms with Crippen molar-refractivity contribution in [3.8, 4) is 0 Å². The second kappa shape index (κ2) is 15.2. The minimum absolute atomic E-state index is 0. The molecule has 1 heterocycles. The maximum Gasteiger partial charge on any atom is 2.00 e. The van der Waals surface area contributed by atoms with Crippen LogP contribution in [-0.4, -0.2) is 106 Å². The summed E-state index contributed by atoms with van der Waals surface area (Å²) in [7, 11) is 2.50. The van der Waals surface area contributed by atoms with Crippen LogP contribution in [0.4, 0.5) is 4.39 Å². The molecule has 0 aromatic carbocycles. The number of aliphatic hydroxyl groups excluding tert-OH is 4. The molecule has 0 aromatic heterocycles. The number of ether oxygens (including phenoxy) is 2. The maximum absolute atomic E-state index is 13.7. The number of aliphatic hydroxyl groups is 4. The zero-order valence-electron chi connectivity index (χ0n) is 14.5. The van der Waals surface area contributed by atoms with Crippen molar-refractivity contribution in [2.45, 2.75) is 42.8 Å². The number of aliphatic carboxylic acids is 2. The van der Waals surface area contributed by atoms with Gasteiger partial charge in [0.25, 0.3) is 0 Å². The predicted octanol–water partition coefficient (Wildman–Crippen LogP) is -1.60. The number of carbonyl (C=O) groups is 2. The van der Waals surface area contributed by atoms with E-state index in [1.54, 1.807) is 0 Å². The number of nitrogens with one attached hydrogen (secondary N) is 2. The van der Waals surface area contributed by atoms with E-state index in [0.717, 1.165) is 0 Å². The third kappa shape index (κ3) is 8.42. The van der Waals surface area contributed by atoms with Gasteiger partial charge in [0.05, 0.1) is 13.2 Å². The van der Waals surface area contributed by atoms with Crippen LogP contribution < -0.4 is 0 Å². The van der Waals surface area contributed by atoms with Crippen molar-refractivity contribution in [2.75, 3.05) is 27.3 Å². The molecule has 0 saturated carbocycles. The molecule has 14 heteroatoms. The molecule has 1 aliphatic heterocycles. The Morgan fingerprint density at radius 3 is 1.85 bits per heavy atom. The summed E-state index contributed by atoms with van der Waals surface area (Å²) in [6.07, 6.45) is -9.00. The minimum Gasteiger partial charge on any atom is -0.680 e. The first-order chi connectivity index (χ1) is 12.1. The van der Waals surface area contributed by atoms with E-state index in [1.807, 2.05) is 0 Å². The summed E-state index contributed by atoms with van der Waals surface area (Å²) in [4.78, 5) is 21.2. The van der Waals surface area contributed by atoms with E-state index in [-0.39, 0.29) is 21.1 Å². The molecule has 12 nitrogen and oxygen atoms in total. The van der Waals surface area contributed by atoms with Crippen molar-refractivity contribution in [1.29, 1.82) is 0 Å². The molecule has 1 unspecified atom stereocenters. The van der Waals surface area contributed by atoms with Crippen molar-refractivity contribution in [1.82, 2.24) is 0 Å². The Labute approximate surface area is 169 Å². The SMILES string of the molecule is C[NH-].C[NH-].O=C(O)C(F)(CCOC1O[C@H](CO)[C@@H](O)[C@H](O)[C@H]1O)C(=O)O.[Pt+2]. The summed E-state index contributed by atoms with van der Waals surface area (Å²) < 4.78 is 23.4. The fourth-order valence-corrected chi connectivity index (χ4v) is 1.83. The normalized spacial score (nSPS) is 27.1. The van der Waals surface area contributed by atoms with Gasteiger partial charge in [-0.05, 0) is 0 Å². The Morgan fingerprint density at radius 1 is 1.04 bits per heavy atom. The van der Waals surface area contributed by atoms with E-state index in [4.69, 9.17) is 36.3 Å². The third-order valence-electron chi connectivity index (χ3n) is 3.26. The molecule has 164 valence electrons. The van der Waals surface area contributed by atoms with Gasteiger partial charge in [-0.3, -0.25) is 0 Å². The number of alkyl halides is 1. The van der Waals surface area contributed by atoms with Gasteiger partial charge < -0.3 is 51.6 Å². The second-order valence-electron chi connectivity index (χ2n) is 4.73. The molecule has 0 aromatic rings. The Kier molecular flexibility index (Phi) is 17.4. The quantitative estimate of drug-likeness (QED) is 0.189. The Hall–Kier alpha value is -0.762. The van der Waals surface area contributed by atoms with Crippen LogP contribution in [0.25, 0.3) is 11.5 Å². The van der Waals surface area contributed by atoms with Crippen LogP contribution in [-0.2, 0) is 40.1 Å². The van der Waals surface area contributed by atoms with E-state index >= 15 is 0 Å². The molecule has 0 spiro atoms. The third-order valence-corrected chi connectivity index (χ3v) is 3.26. The fourth-order valence-electron chi connectivity index (χ4n) is 1.83. The average molecular weight is 583 g/mol. The summed E-state index contributed by atoms with van der Waals surface area (Å²) in [5.41, 5.74) is 7.92. The van der Waals surface area contributed by atoms with E-state index in [2.05, 4.69) is 0 Å². The van der Waals surface area contributed by atoms with Crippen LogP contribution in [0.2, 0.25) is 0 Å². The van der Waals surface area contributed by atoms with E-state index in [0.29, 0.717) is 0 Å². The first-order valence-electron chi connectivity index (χ1n) is 7.23. The summed E-state index contributed by atoms with van der Waals surface area (Å²) in [5.74, 6) is -4.42. The number of rotatable bonds is 7. The number of halogens is 1. The van der Waals surface area contributed by atoms with Crippen molar-refractivity contribution < 1.29 is 75.2 Å². The minimum atomic E-state index is -3.58. The smallest absolute Gasteiger partial charge is 0.680 e. The van der Waals surface area contributed by atoms with Gasteiger partial charge in [0, 0.05) is 6.42 Å². The average Bonchev–Trinajstić information content (AvgIpc) is 2.64. The molecule has 0 amide bonds. The van der Waals surface area contributed by atoms with Gasteiger partial charge in [-0.15, -0.1) is 0 Å². The van der Waals surface area contributed by atoms with Crippen molar-refractivity contribution >= 4 is 11.9 Å². The molecule has 8 N–H and O–H groups in total. The molecule has 1 saturated heterocycles. The molecule has 1 fully saturated rings. The van der Waals surface area contributed by atoms with E-state index < -0.39 is 67.9 Å². The van der Waals surface area contributed by atoms with Gasteiger partial charge in [0.1, 0.15) is 24.4 Å². The molecule has 0 bridgehead atoms. The second-order valence-corrected chi connectivity index (χ2v) is 4.73. The Balaban J connectivity index is -0.00000108. The van der Waals surface area contributed by atoms with Crippen molar-refractivity contribution in [3.05, 3.63) is 11.5 Å². The number of carboxylic acids is 2. The maximum atomic E-state index is 13.7. The topological polar surface area (TPSA) is 222 Å². The monoisotopic (exact) mass is 583 g/mol. The molecule has 1 aliphatic rings. The first-order valence-corrected chi connectivity index (χ1v) is 7.23. The molecule has 0 aliphatic carbocycles. The van der Waals surface area contributed by atoms with Crippen LogP contribution in [0.1, 0.15) is 6.42 Å². The fraction of sp³-hybridized carbons (Fsp3) is 0.846. The van der Waals surface area contributed by atoms with Gasteiger partial charge in [-0.1, -0.05) is 0 Å². The largest absolute Gasteiger partial charge is 2.00 e. The summed E-state index contributed by atoms with van der Waals surface area (Å²) in [6, 6.07) is 0. The number of hydrogen-bond acceptors (Lipinski definition) is 8. The van der Waals surface area contributed by atoms with Crippen LogP contribution >= 0.6 is 0 Å². The first kappa shape index (κ1) is 30.9. The van der Waals surface area contributed by atoms with E-state index in [9.17, 15) is 29.3 Å². The number of carboxylic acid groups (broad SMARTS) is 2. The molecule has 27 heavy (non-hydrogen) atoms. The molecular weight excluding hydrogens is 558 g/mol. The van der Waals surface area contributed by atoms with Crippen molar-refractivity contribution in [3.63, 3.8) is 0 Å². The van der Waals surface area contributed by atoms with Crippen LogP contribution in [0.15, 0.2) is 0 Å². The molecule has 1 rings (SSSR count). The van der Waals surface area contributed by atoms with Crippen molar-refractivity contribution in [2.24, 2.45) is 0 Å². The predicted molar refractivity (Wildman–Crippen MR) is 83.9 cm³/mol.